The van der Waals surface area contributed by atoms with Crippen molar-refractivity contribution in [2.75, 3.05) is 11.1 Å². The van der Waals surface area contributed by atoms with E-state index in [0.29, 0.717) is 11.6 Å². The minimum atomic E-state index is -0.150. The number of hydrogen-bond donors (Lipinski definition) is 1. The van der Waals surface area contributed by atoms with Crippen LogP contribution in [-0.4, -0.2) is 26.4 Å². The first-order chi connectivity index (χ1) is 11.1. The van der Waals surface area contributed by atoms with Crippen molar-refractivity contribution >= 4 is 23.5 Å². The summed E-state index contributed by atoms with van der Waals surface area (Å²) in [6, 6.07) is 9.73. The molecule has 6 nitrogen and oxygen atoms in total. The normalized spacial score (nSPS) is 10.7. The van der Waals surface area contributed by atoms with Gasteiger partial charge >= 0.3 is 0 Å². The van der Waals surface area contributed by atoms with Crippen LogP contribution < -0.4 is 5.32 Å². The molecule has 7 heteroatoms. The molecule has 3 aromatic rings. The summed E-state index contributed by atoms with van der Waals surface area (Å²) in [5.41, 5.74) is 2.20. The molecule has 23 heavy (non-hydrogen) atoms. The second kappa shape index (κ2) is 6.70. The number of rotatable bonds is 5. The molecule has 0 radical (unpaired) electrons. The summed E-state index contributed by atoms with van der Waals surface area (Å²) in [4.78, 5) is 16.3. The van der Waals surface area contributed by atoms with Gasteiger partial charge in [0.05, 0.1) is 11.4 Å². The zero-order chi connectivity index (χ0) is 16.2. The van der Waals surface area contributed by atoms with Gasteiger partial charge in [0.1, 0.15) is 5.76 Å². The number of nitrogens with one attached hydrogen (secondary N) is 1. The van der Waals surface area contributed by atoms with Gasteiger partial charge in [-0.15, -0.1) is 0 Å². The third-order valence-electron chi connectivity index (χ3n) is 3.21. The van der Waals surface area contributed by atoms with E-state index in [4.69, 9.17) is 4.52 Å². The van der Waals surface area contributed by atoms with E-state index in [9.17, 15) is 4.79 Å². The van der Waals surface area contributed by atoms with E-state index in [0.717, 1.165) is 16.4 Å². The van der Waals surface area contributed by atoms with E-state index < -0.39 is 0 Å². The average molecular weight is 328 g/mol. The number of aryl methyl sites for hydroxylation is 2. The van der Waals surface area contributed by atoms with Gasteiger partial charge in [0.15, 0.2) is 11.0 Å². The highest BCUT2D eigenvalue weighted by Crippen LogP contribution is 2.22. The molecular weight excluding hydrogens is 312 g/mol. The fourth-order valence-electron chi connectivity index (χ4n) is 2.15. The highest BCUT2D eigenvalue weighted by atomic mass is 32.2. The molecule has 1 amide bonds. The van der Waals surface area contributed by atoms with Crippen LogP contribution in [0.3, 0.4) is 0 Å². The maximum absolute atomic E-state index is 12.0. The highest BCUT2D eigenvalue weighted by Gasteiger charge is 2.11. The fourth-order valence-corrected chi connectivity index (χ4v) is 2.91. The third-order valence-corrected chi connectivity index (χ3v) is 4.18. The molecule has 0 atom stereocenters. The Morgan fingerprint density at radius 1 is 1.35 bits per heavy atom. The molecule has 0 unspecified atom stereocenters. The summed E-state index contributed by atoms with van der Waals surface area (Å²) in [7, 11) is 0. The topological polar surface area (TPSA) is 73.0 Å². The number of imidazole rings is 1. The van der Waals surface area contributed by atoms with Gasteiger partial charge in [-0.3, -0.25) is 9.36 Å². The summed E-state index contributed by atoms with van der Waals surface area (Å²) in [5, 5.41) is 7.20. The minimum Gasteiger partial charge on any atom is -0.360 e. The lowest BCUT2D eigenvalue weighted by molar-refractivity contribution is -0.113. The third kappa shape index (κ3) is 3.62. The van der Waals surface area contributed by atoms with E-state index in [-0.39, 0.29) is 11.7 Å². The number of nitrogens with zero attached hydrogens (tertiary/aromatic N) is 3. The summed E-state index contributed by atoms with van der Waals surface area (Å²) in [5.74, 6) is 1.18. The maximum atomic E-state index is 12.0. The quantitative estimate of drug-likeness (QED) is 0.728. The number of carbonyl (C=O) groups excluding carboxylic acids is 1. The lowest BCUT2D eigenvalue weighted by Gasteiger charge is -2.09. The molecule has 0 aliphatic heterocycles. The molecule has 2 aromatic heterocycles. The molecule has 0 aliphatic rings. The Morgan fingerprint density at radius 3 is 2.91 bits per heavy atom. The molecule has 0 aliphatic carbocycles. The lowest BCUT2D eigenvalue weighted by atomic mass is 10.2. The Kier molecular flexibility index (Phi) is 4.47. The average Bonchev–Trinajstić information content (AvgIpc) is 3.15. The van der Waals surface area contributed by atoms with Crippen LogP contribution in [0.4, 0.5) is 5.82 Å². The monoisotopic (exact) mass is 328 g/mol. The number of carbonyl (C=O) groups is 1. The van der Waals surface area contributed by atoms with E-state index in [1.165, 1.54) is 11.8 Å². The smallest absolute Gasteiger partial charge is 0.236 e. The molecule has 0 saturated heterocycles. The van der Waals surface area contributed by atoms with Gasteiger partial charge in [-0.2, -0.15) is 0 Å². The molecule has 0 spiro atoms. The molecule has 0 fully saturated rings. The van der Waals surface area contributed by atoms with Crippen molar-refractivity contribution in [3.63, 3.8) is 0 Å². The van der Waals surface area contributed by atoms with Crippen molar-refractivity contribution in [1.29, 1.82) is 0 Å². The van der Waals surface area contributed by atoms with Crippen molar-refractivity contribution in [2.24, 2.45) is 0 Å². The number of para-hydroxylation sites is 1. The standard InChI is InChI=1S/C16H16N4O2S/c1-11-5-3-4-6-13(11)20-8-7-17-16(20)23-10-15(21)18-14-9-12(2)22-19-14/h3-9H,10H2,1-2H3,(H,18,19,21). The highest BCUT2D eigenvalue weighted by molar-refractivity contribution is 7.99. The van der Waals surface area contributed by atoms with E-state index in [2.05, 4.69) is 15.5 Å². The molecular formula is C16H16N4O2S. The van der Waals surface area contributed by atoms with Crippen molar-refractivity contribution < 1.29 is 9.32 Å². The summed E-state index contributed by atoms with van der Waals surface area (Å²) in [6.45, 7) is 3.82. The first-order valence-electron chi connectivity index (χ1n) is 7.09. The predicted octanol–water partition coefficient (Wildman–Crippen LogP) is 3.21. The van der Waals surface area contributed by atoms with Crippen LogP contribution in [0.2, 0.25) is 0 Å². The van der Waals surface area contributed by atoms with Crippen LogP contribution in [-0.2, 0) is 4.79 Å². The van der Waals surface area contributed by atoms with Crippen LogP contribution in [0.1, 0.15) is 11.3 Å². The zero-order valence-corrected chi connectivity index (χ0v) is 13.6. The Morgan fingerprint density at radius 2 is 2.17 bits per heavy atom. The lowest BCUT2D eigenvalue weighted by Crippen LogP contribution is -2.14. The maximum Gasteiger partial charge on any atom is 0.236 e. The van der Waals surface area contributed by atoms with Crippen LogP contribution in [0, 0.1) is 13.8 Å². The number of hydrogen-bond acceptors (Lipinski definition) is 5. The first-order valence-corrected chi connectivity index (χ1v) is 8.07. The van der Waals surface area contributed by atoms with Crippen molar-refractivity contribution in [2.45, 2.75) is 19.0 Å². The number of thioether (sulfide) groups is 1. The Bertz CT molecular complexity index is 825. The zero-order valence-electron chi connectivity index (χ0n) is 12.8. The number of aromatic nitrogens is 3. The van der Waals surface area contributed by atoms with Gasteiger partial charge in [-0.25, -0.2) is 4.98 Å². The molecule has 2 heterocycles. The Hall–Kier alpha value is -2.54. The Balaban J connectivity index is 1.66. The summed E-state index contributed by atoms with van der Waals surface area (Å²) >= 11 is 1.37. The van der Waals surface area contributed by atoms with Gasteiger partial charge in [-0.1, -0.05) is 35.1 Å². The number of amides is 1. The van der Waals surface area contributed by atoms with Crippen molar-refractivity contribution in [1.82, 2.24) is 14.7 Å². The van der Waals surface area contributed by atoms with Gasteiger partial charge in [0.25, 0.3) is 0 Å². The SMILES string of the molecule is Cc1cc(NC(=O)CSc2nccn2-c2ccccc2C)no1. The largest absolute Gasteiger partial charge is 0.360 e. The van der Waals surface area contributed by atoms with E-state index in [1.807, 2.05) is 42.0 Å². The predicted molar refractivity (Wildman–Crippen MR) is 88.9 cm³/mol. The number of benzene rings is 1. The summed E-state index contributed by atoms with van der Waals surface area (Å²) < 4.78 is 6.90. The first kappa shape index (κ1) is 15.4. The molecule has 3 rings (SSSR count). The van der Waals surface area contributed by atoms with E-state index >= 15 is 0 Å². The summed E-state index contributed by atoms with van der Waals surface area (Å²) in [6.07, 6.45) is 3.62. The van der Waals surface area contributed by atoms with Crippen LogP contribution >= 0.6 is 11.8 Å². The number of anilines is 1. The van der Waals surface area contributed by atoms with E-state index in [1.54, 1.807) is 19.2 Å². The molecule has 1 N–H and O–H groups in total. The second-order valence-electron chi connectivity index (χ2n) is 5.03. The Labute approximate surface area is 137 Å². The van der Waals surface area contributed by atoms with Gasteiger partial charge < -0.3 is 9.84 Å². The fraction of sp³-hybridized carbons (Fsp3) is 0.188. The minimum absolute atomic E-state index is 0.150. The van der Waals surface area contributed by atoms with Crippen molar-refractivity contribution in [3.8, 4) is 5.69 Å². The molecule has 1 aromatic carbocycles. The second-order valence-corrected chi connectivity index (χ2v) is 5.97. The van der Waals surface area contributed by atoms with Gasteiger partial charge in [-0.05, 0) is 25.5 Å². The van der Waals surface area contributed by atoms with Crippen LogP contribution in [0.15, 0.2) is 52.4 Å². The molecule has 118 valence electrons. The van der Waals surface area contributed by atoms with Crippen LogP contribution in [0.5, 0.6) is 0 Å². The van der Waals surface area contributed by atoms with Gasteiger partial charge in [0.2, 0.25) is 5.91 Å². The molecule has 0 bridgehead atoms. The van der Waals surface area contributed by atoms with Crippen molar-refractivity contribution in [3.05, 3.63) is 54.0 Å². The molecule has 0 saturated carbocycles. The van der Waals surface area contributed by atoms with Crippen LogP contribution in [0.25, 0.3) is 5.69 Å². The van der Waals surface area contributed by atoms with Gasteiger partial charge in [0, 0.05) is 18.5 Å².